The van der Waals surface area contributed by atoms with Gasteiger partial charge in [0.1, 0.15) is 18.4 Å². The minimum absolute atomic E-state index is 0.492. The zero-order valence-electron chi connectivity index (χ0n) is 11.6. The molecule has 1 atom stereocenters. The van der Waals surface area contributed by atoms with Crippen molar-refractivity contribution in [1.29, 1.82) is 0 Å². The molecule has 0 aliphatic carbocycles. The SMILES string of the molecule is O=C(O)C1Cc2ccc(OCc3ccccc3)cc2CN1. The second-order valence-corrected chi connectivity index (χ2v) is 5.18. The van der Waals surface area contributed by atoms with E-state index in [1.807, 2.05) is 48.5 Å². The molecule has 3 rings (SSSR count). The molecule has 0 saturated carbocycles. The number of carboxylic acid groups (broad SMARTS) is 1. The highest BCUT2D eigenvalue weighted by Crippen LogP contribution is 2.23. The van der Waals surface area contributed by atoms with Crippen LogP contribution in [0.2, 0.25) is 0 Å². The molecule has 2 aromatic carbocycles. The Labute approximate surface area is 123 Å². The summed E-state index contributed by atoms with van der Waals surface area (Å²) >= 11 is 0. The Morgan fingerprint density at radius 2 is 2.00 bits per heavy atom. The van der Waals surface area contributed by atoms with Crippen molar-refractivity contribution in [2.45, 2.75) is 25.6 Å². The number of carbonyl (C=O) groups is 1. The normalized spacial score (nSPS) is 17.0. The molecule has 0 spiro atoms. The smallest absolute Gasteiger partial charge is 0.321 e. The van der Waals surface area contributed by atoms with E-state index in [2.05, 4.69) is 5.32 Å². The molecule has 0 bridgehead atoms. The van der Waals surface area contributed by atoms with E-state index in [1.54, 1.807) is 0 Å². The fourth-order valence-corrected chi connectivity index (χ4v) is 2.50. The van der Waals surface area contributed by atoms with Crippen LogP contribution in [0.5, 0.6) is 5.75 Å². The first-order valence-corrected chi connectivity index (χ1v) is 6.97. The van der Waals surface area contributed by atoms with Gasteiger partial charge in [-0.2, -0.15) is 0 Å². The van der Waals surface area contributed by atoms with Gasteiger partial charge in [0.05, 0.1) is 0 Å². The first-order valence-electron chi connectivity index (χ1n) is 6.97. The van der Waals surface area contributed by atoms with Crippen LogP contribution in [0.1, 0.15) is 16.7 Å². The van der Waals surface area contributed by atoms with Crippen molar-refractivity contribution in [2.24, 2.45) is 0 Å². The van der Waals surface area contributed by atoms with Gasteiger partial charge in [0, 0.05) is 6.54 Å². The Bertz CT molecular complexity index is 640. The van der Waals surface area contributed by atoms with Gasteiger partial charge in [-0.1, -0.05) is 36.4 Å². The quantitative estimate of drug-likeness (QED) is 0.904. The number of rotatable bonds is 4. The van der Waals surface area contributed by atoms with Crippen LogP contribution in [-0.2, 0) is 24.4 Å². The van der Waals surface area contributed by atoms with Gasteiger partial charge in [-0.15, -0.1) is 0 Å². The van der Waals surface area contributed by atoms with Gasteiger partial charge in [-0.25, -0.2) is 0 Å². The molecule has 0 saturated heterocycles. The lowest BCUT2D eigenvalue weighted by Gasteiger charge is -2.23. The predicted molar refractivity (Wildman–Crippen MR) is 79.2 cm³/mol. The maximum absolute atomic E-state index is 11.0. The highest BCUT2D eigenvalue weighted by Gasteiger charge is 2.23. The first kappa shape index (κ1) is 13.6. The van der Waals surface area contributed by atoms with Gasteiger partial charge in [-0.3, -0.25) is 4.79 Å². The van der Waals surface area contributed by atoms with E-state index < -0.39 is 12.0 Å². The summed E-state index contributed by atoms with van der Waals surface area (Å²) in [5.41, 5.74) is 3.31. The fourth-order valence-electron chi connectivity index (χ4n) is 2.50. The van der Waals surface area contributed by atoms with Crippen molar-refractivity contribution >= 4 is 5.97 Å². The molecule has 21 heavy (non-hydrogen) atoms. The van der Waals surface area contributed by atoms with E-state index >= 15 is 0 Å². The van der Waals surface area contributed by atoms with Crippen LogP contribution in [0.3, 0.4) is 0 Å². The van der Waals surface area contributed by atoms with Crippen molar-refractivity contribution in [3.8, 4) is 5.75 Å². The summed E-state index contributed by atoms with van der Waals surface area (Å²) < 4.78 is 5.79. The molecule has 4 heteroatoms. The molecule has 4 nitrogen and oxygen atoms in total. The van der Waals surface area contributed by atoms with Crippen LogP contribution in [0.15, 0.2) is 48.5 Å². The number of carboxylic acids is 1. The Hall–Kier alpha value is -2.33. The highest BCUT2D eigenvalue weighted by molar-refractivity contribution is 5.74. The van der Waals surface area contributed by atoms with Gasteiger partial charge in [0.2, 0.25) is 0 Å². The third kappa shape index (κ3) is 3.23. The summed E-state index contributed by atoms with van der Waals surface area (Å²) in [5.74, 6) is 0.0123. The van der Waals surface area contributed by atoms with Crippen molar-refractivity contribution in [3.63, 3.8) is 0 Å². The molecule has 1 aliphatic heterocycles. The average Bonchev–Trinajstić information content (AvgIpc) is 2.53. The minimum Gasteiger partial charge on any atom is -0.489 e. The largest absolute Gasteiger partial charge is 0.489 e. The third-order valence-corrected chi connectivity index (χ3v) is 3.69. The number of ether oxygens (including phenoxy) is 1. The van der Waals surface area contributed by atoms with E-state index in [0.717, 1.165) is 22.4 Å². The standard InChI is InChI=1S/C17H17NO3/c19-17(20)16-9-13-6-7-15(8-14(13)10-18-16)21-11-12-4-2-1-3-5-12/h1-8,16,18H,9-11H2,(H,19,20). The molecule has 2 aromatic rings. The molecular formula is C17H17NO3. The lowest BCUT2D eigenvalue weighted by molar-refractivity contribution is -0.139. The monoisotopic (exact) mass is 283 g/mol. The van der Waals surface area contributed by atoms with E-state index in [9.17, 15) is 4.79 Å². The maximum Gasteiger partial charge on any atom is 0.321 e. The van der Waals surface area contributed by atoms with E-state index in [0.29, 0.717) is 19.6 Å². The summed E-state index contributed by atoms with van der Waals surface area (Å²) in [5, 5.41) is 12.1. The van der Waals surface area contributed by atoms with Crippen molar-refractivity contribution < 1.29 is 14.6 Å². The van der Waals surface area contributed by atoms with Crippen LogP contribution < -0.4 is 10.1 Å². The van der Waals surface area contributed by atoms with Crippen LogP contribution >= 0.6 is 0 Å². The lowest BCUT2D eigenvalue weighted by Crippen LogP contribution is -2.41. The topological polar surface area (TPSA) is 58.6 Å². The lowest BCUT2D eigenvalue weighted by atomic mass is 9.96. The Balaban J connectivity index is 1.68. The Morgan fingerprint density at radius 3 is 2.76 bits per heavy atom. The molecule has 0 aromatic heterocycles. The van der Waals surface area contributed by atoms with Gasteiger partial charge < -0.3 is 15.2 Å². The summed E-state index contributed by atoms with van der Waals surface area (Å²) in [6, 6.07) is 15.4. The van der Waals surface area contributed by atoms with Crippen molar-refractivity contribution in [3.05, 3.63) is 65.2 Å². The number of benzene rings is 2. The number of aliphatic carboxylic acids is 1. The van der Waals surface area contributed by atoms with Gasteiger partial charge >= 0.3 is 5.97 Å². The number of hydrogen-bond acceptors (Lipinski definition) is 3. The Kier molecular flexibility index (Phi) is 3.88. The van der Waals surface area contributed by atoms with Crippen LogP contribution in [0.4, 0.5) is 0 Å². The number of fused-ring (bicyclic) bond motifs is 1. The van der Waals surface area contributed by atoms with E-state index in [1.165, 1.54) is 0 Å². The molecule has 2 N–H and O–H groups in total. The van der Waals surface area contributed by atoms with Crippen LogP contribution in [-0.4, -0.2) is 17.1 Å². The number of hydrogen-bond donors (Lipinski definition) is 2. The summed E-state index contributed by atoms with van der Waals surface area (Å²) in [4.78, 5) is 11.0. The summed E-state index contributed by atoms with van der Waals surface area (Å²) in [7, 11) is 0. The summed E-state index contributed by atoms with van der Waals surface area (Å²) in [6.07, 6.45) is 0.517. The van der Waals surface area contributed by atoms with Crippen LogP contribution in [0.25, 0.3) is 0 Å². The molecule has 0 radical (unpaired) electrons. The van der Waals surface area contributed by atoms with Gasteiger partial charge in [-0.05, 0) is 35.2 Å². The average molecular weight is 283 g/mol. The zero-order chi connectivity index (χ0) is 14.7. The van der Waals surface area contributed by atoms with E-state index in [-0.39, 0.29) is 0 Å². The van der Waals surface area contributed by atoms with Gasteiger partial charge in [0.15, 0.2) is 0 Å². The first-order chi connectivity index (χ1) is 10.2. The van der Waals surface area contributed by atoms with Gasteiger partial charge in [0.25, 0.3) is 0 Å². The minimum atomic E-state index is -0.801. The van der Waals surface area contributed by atoms with Crippen molar-refractivity contribution in [1.82, 2.24) is 5.32 Å². The second kappa shape index (κ2) is 5.97. The van der Waals surface area contributed by atoms with Crippen LogP contribution in [0, 0.1) is 0 Å². The molecular weight excluding hydrogens is 266 g/mol. The zero-order valence-corrected chi connectivity index (χ0v) is 11.6. The molecule has 1 aliphatic rings. The predicted octanol–water partition coefficient (Wildman–Crippen LogP) is 2.36. The fraction of sp³-hybridized carbons (Fsp3) is 0.235. The second-order valence-electron chi connectivity index (χ2n) is 5.18. The number of nitrogens with one attached hydrogen (secondary N) is 1. The molecule has 1 heterocycles. The van der Waals surface area contributed by atoms with E-state index in [4.69, 9.17) is 9.84 Å². The molecule has 0 fully saturated rings. The highest BCUT2D eigenvalue weighted by atomic mass is 16.5. The summed E-state index contributed by atoms with van der Waals surface area (Å²) in [6.45, 7) is 1.10. The molecule has 0 amide bonds. The Morgan fingerprint density at radius 1 is 1.19 bits per heavy atom. The molecule has 1 unspecified atom stereocenters. The van der Waals surface area contributed by atoms with Crippen molar-refractivity contribution in [2.75, 3.05) is 0 Å². The third-order valence-electron chi connectivity index (χ3n) is 3.69. The maximum atomic E-state index is 11.0. The molecule has 108 valence electrons.